The van der Waals surface area contributed by atoms with Crippen molar-refractivity contribution in [3.8, 4) is 0 Å². The summed E-state index contributed by atoms with van der Waals surface area (Å²) in [7, 11) is 0. The van der Waals surface area contributed by atoms with Crippen LogP contribution < -0.4 is 0 Å². The van der Waals surface area contributed by atoms with E-state index >= 15 is 0 Å². The van der Waals surface area contributed by atoms with Gasteiger partial charge >= 0.3 is 11.9 Å². The second kappa shape index (κ2) is 5.85. The number of carboxylic acids is 1. The molecule has 0 bridgehead atoms. The lowest BCUT2D eigenvalue weighted by Crippen LogP contribution is -2.45. The van der Waals surface area contributed by atoms with Crippen molar-refractivity contribution in [2.45, 2.75) is 45.3 Å². The second-order valence-corrected chi connectivity index (χ2v) is 5.36. The molecule has 0 fully saturated rings. The Balaban J connectivity index is 2.66. The SMILES string of the molecule is CC(C)(C)OC(=O)CC[C@@H](C(=O)O)N1C(=O)C=CC1=O. The number of hydrogen-bond donors (Lipinski definition) is 1. The number of hydrogen-bond acceptors (Lipinski definition) is 5. The quantitative estimate of drug-likeness (QED) is 0.582. The van der Waals surface area contributed by atoms with Gasteiger partial charge in [-0.2, -0.15) is 0 Å². The maximum Gasteiger partial charge on any atom is 0.326 e. The fourth-order valence-corrected chi connectivity index (χ4v) is 1.73. The Labute approximate surface area is 116 Å². The molecule has 0 radical (unpaired) electrons. The molecule has 0 aromatic rings. The Hall–Kier alpha value is -2.18. The minimum absolute atomic E-state index is 0.177. The summed E-state index contributed by atoms with van der Waals surface area (Å²) in [4.78, 5) is 46.2. The lowest BCUT2D eigenvalue weighted by Gasteiger charge is -2.23. The van der Waals surface area contributed by atoms with Crippen molar-refractivity contribution in [1.82, 2.24) is 4.90 Å². The fraction of sp³-hybridized carbons (Fsp3) is 0.538. The highest BCUT2D eigenvalue weighted by atomic mass is 16.6. The van der Waals surface area contributed by atoms with Gasteiger partial charge in [0.25, 0.3) is 11.8 Å². The van der Waals surface area contributed by atoms with Crippen LogP contribution in [0, 0.1) is 0 Å². The third-order valence-corrected chi connectivity index (χ3v) is 2.48. The maximum absolute atomic E-state index is 11.5. The third kappa shape index (κ3) is 4.18. The summed E-state index contributed by atoms with van der Waals surface area (Å²) in [6.45, 7) is 5.07. The van der Waals surface area contributed by atoms with Gasteiger partial charge in [0.2, 0.25) is 0 Å². The van der Waals surface area contributed by atoms with Gasteiger partial charge in [-0.15, -0.1) is 0 Å². The molecule has 1 N–H and O–H groups in total. The van der Waals surface area contributed by atoms with Crippen molar-refractivity contribution in [2.24, 2.45) is 0 Å². The van der Waals surface area contributed by atoms with Crippen molar-refractivity contribution >= 4 is 23.8 Å². The van der Waals surface area contributed by atoms with Crippen molar-refractivity contribution in [3.05, 3.63) is 12.2 Å². The molecular weight excluding hydrogens is 266 g/mol. The van der Waals surface area contributed by atoms with Crippen LogP contribution in [0.25, 0.3) is 0 Å². The van der Waals surface area contributed by atoms with Crippen LogP contribution in [0.2, 0.25) is 0 Å². The Bertz CT molecular complexity index is 456. The molecule has 1 heterocycles. The Kier molecular flexibility index (Phi) is 4.65. The smallest absolute Gasteiger partial charge is 0.326 e. The summed E-state index contributed by atoms with van der Waals surface area (Å²) in [5.41, 5.74) is -0.670. The predicted octanol–water partition coefficient (Wildman–Crippen LogP) is 0.486. The number of esters is 1. The average Bonchev–Trinajstić information content (AvgIpc) is 2.58. The molecule has 1 aliphatic rings. The zero-order chi connectivity index (χ0) is 15.5. The van der Waals surface area contributed by atoms with E-state index in [1.54, 1.807) is 20.8 Å². The number of rotatable bonds is 5. The standard InChI is InChI=1S/C13H17NO6/c1-13(2,3)20-11(17)7-4-8(12(18)19)14-9(15)5-6-10(14)16/h5-6,8H,4,7H2,1-3H3,(H,18,19)/t8-/m0/s1. The van der Waals surface area contributed by atoms with Crippen LogP contribution in [-0.4, -0.2) is 45.4 Å². The van der Waals surface area contributed by atoms with E-state index in [4.69, 9.17) is 9.84 Å². The summed E-state index contributed by atoms with van der Waals surface area (Å²) < 4.78 is 5.05. The van der Waals surface area contributed by atoms with E-state index < -0.39 is 35.4 Å². The van der Waals surface area contributed by atoms with Crippen molar-refractivity contribution in [3.63, 3.8) is 0 Å². The predicted molar refractivity (Wildman–Crippen MR) is 67.5 cm³/mol. The molecule has 0 saturated carbocycles. The molecule has 1 aliphatic heterocycles. The molecule has 110 valence electrons. The molecule has 0 unspecified atom stereocenters. The Morgan fingerprint density at radius 1 is 1.25 bits per heavy atom. The molecule has 1 rings (SSSR count). The molecule has 0 aromatic carbocycles. The first-order chi connectivity index (χ1) is 9.11. The van der Waals surface area contributed by atoms with Crippen molar-refractivity contribution < 1.29 is 29.0 Å². The van der Waals surface area contributed by atoms with Crippen molar-refractivity contribution in [1.29, 1.82) is 0 Å². The normalized spacial score (nSPS) is 16.4. The number of nitrogens with zero attached hydrogens (tertiary/aromatic N) is 1. The topological polar surface area (TPSA) is 101 Å². The van der Waals surface area contributed by atoms with Gasteiger partial charge in [-0.3, -0.25) is 19.3 Å². The van der Waals surface area contributed by atoms with Gasteiger partial charge in [0.05, 0.1) is 0 Å². The van der Waals surface area contributed by atoms with Crippen LogP contribution in [-0.2, 0) is 23.9 Å². The van der Waals surface area contributed by atoms with Crippen molar-refractivity contribution in [2.75, 3.05) is 0 Å². The Morgan fingerprint density at radius 2 is 1.75 bits per heavy atom. The highest BCUT2D eigenvalue weighted by molar-refractivity contribution is 6.14. The highest BCUT2D eigenvalue weighted by Gasteiger charge is 2.36. The first-order valence-corrected chi connectivity index (χ1v) is 6.11. The number of carbonyl (C=O) groups excluding carboxylic acids is 3. The lowest BCUT2D eigenvalue weighted by molar-refractivity contribution is -0.158. The van der Waals surface area contributed by atoms with Gasteiger partial charge in [-0.1, -0.05) is 0 Å². The van der Waals surface area contributed by atoms with Crippen LogP contribution in [0.4, 0.5) is 0 Å². The number of ether oxygens (including phenoxy) is 1. The van der Waals surface area contributed by atoms with E-state index in [9.17, 15) is 19.2 Å². The van der Waals surface area contributed by atoms with Gasteiger partial charge in [-0.05, 0) is 27.2 Å². The maximum atomic E-state index is 11.5. The van der Waals surface area contributed by atoms with Crippen LogP contribution >= 0.6 is 0 Å². The second-order valence-electron chi connectivity index (χ2n) is 5.36. The number of carbonyl (C=O) groups is 4. The first-order valence-electron chi connectivity index (χ1n) is 6.11. The Morgan fingerprint density at radius 3 is 2.15 bits per heavy atom. The van der Waals surface area contributed by atoms with Crippen LogP contribution in [0.15, 0.2) is 12.2 Å². The van der Waals surface area contributed by atoms with E-state index in [-0.39, 0.29) is 12.8 Å². The summed E-state index contributed by atoms with van der Waals surface area (Å²) in [5.74, 6) is -3.28. The molecule has 1 atom stereocenters. The number of imide groups is 1. The molecule has 0 saturated heterocycles. The van der Waals surface area contributed by atoms with E-state index in [2.05, 4.69) is 0 Å². The summed E-state index contributed by atoms with van der Waals surface area (Å²) in [6, 6.07) is -1.36. The van der Waals surface area contributed by atoms with E-state index in [0.717, 1.165) is 12.2 Å². The van der Waals surface area contributed by atoms with Crippen LogP contribution in [0.3, 0.4) is 0 Å². The summed E-state index contributed by atoms with van der Waals surface area (Å²) >= 11 is 0. The minimum atomic E-state index is -1.36. The summed E-state index contributed by atoms with van der Waals surface area (Å²) in [6.07, 6.45) is 1.65. The molecule has 2 amide bonds. The van der Waals surface area contributed by atoms with E-state index in [0.29, 0.717) is 4.90 Å². The molecule has 20 heavy (non-hydrogen) atoms. The molecule has 7 nitrogen and oxygen atoms in total. The van der Waals surface area contributed by atoms with Crippen LogP contribution in [0.5, 0.6) is 0 Å². The number of carboxylic acid groups (broad SMARTS) is 1. The van der Waals surface area contributed by atoms with E-state index in [1.165, 1.54) is 0 Å². The molecule has 7 heteroatoms. The fourth-order valence-electron chi connectivity index (χ4n) is 1.73. The zero-order valence-corrected chi connectivity index (χ0v) is 11.6. The highest BCUT2D eigenvalue weighted by Crippen LogP contribution is 2.16. The third-order valence-electron chi connectivity index (χ3n) is 2.48. The lowest BCUT2D eigenvalue weighted by atomic mass is 10.1. The summed E-state index contributed by atoms with van der Waals surface area (Å²) in [5, 5.41) is 9.09. The molecule has 0 aromatic heterocycles. The van der Waals surface area contributed by atoms with Gasteiger partial charge < -0.3 is 9.84 Å². The first kappa shape index (κ1) is 15.9. The van der Waals surface area contributed by atoms with Gasteiger partial charge in [-0.25, -0.2) is 4.79 Å². The number of aliphatic carboxylic acids is 1. The molecule has 0 spiro atoms. The van der Waals surface area contributed by atoms with Gasteiger partial charge in [0.1, 0.15) is 11.6 Å². The van der Waals surface area contributed by atoms with E-state index in [1.807, 2.05) is 0 Å². The van der Waals surface area contributed by atoms with Gasteiger partial charge in [0, 0.05) is 18.6 Å². The van der Waals surface area contributed by atoms with Crippen LogP contribution in [0.1, 0.15) is 33.6 Å². The molecular formula is C13H17NO6. The largest absolute Gasteiger partial charge is 0.480 e. The molecule has 0 aliphatic carbocycles. The number of amides is 2. The monoisotopic (exact) mass is 283 g/mol. The van der Waals surface area contributed by atoms with Gasteiger partial charge in [0.15, 0.2) is 0 Å². The minimum Gasteiger partial charge on any atom is -0.480 e. The zero-order valence-electron chi connectivity index (χ0n) is 11.6. The average molecular weight is 283 g/mol.